The molecule has 1 aliphatic heterocycles. The minimum Gasteiger partial charge on any atom is -0.337 e. The Balaban J connectivity index is 1.46. The molecule has 3 rings (SSSR count). The molecule has 0 atom stereocenters. The minimum atomic E-state index is -3.26. The summed E-state index contributed by atoms with van der Waals surface area (Å²) < 4.78 is 29.1. The molecular formula is C15H21N3O2S2. The van der Waals surface area contributed by atoms with Gasteiger partial charge in [0.1, 0.15) is 4.21 Å². The van der Waals surface area contributed by atoms with E-state index in [1.54, 1.807) is 22.6 Å². The van der Waals surface area contributed by atoms with E-state index in [1.165, 1.54) is 11.3 Å². The largest absolute Gasteiger partial charge is 0.337 e. The Morgan fingerprint density at radius 2 is 2.14 bits per heavy atom. The minimum absolute atomic E-state index is 0.464. The first-order valence-electron chi connectivity index (χ1n) is 7.65. The summed E-state index contributed by atoms with van der Waals surface area (Å²) in [6.45, 7) is 2.29. The zero-order valence-electron chi connectivity index (χ0n) is 12.5. The highest BCUT2D eigenvalue weighted by molar-refractivity contribution is 7.91. The van der Waals surface area contributed by atoms with Crippen LogP contribution in [0.3, 0.4) is 0 Å². The molecule has 0 bridgehead atoms. The van der Waals surface area contributed by atoms with E-state index in [2.05, 4.69) is 9.55 Å². The predicted molar refractivity (Wildman–Crippen MR) is 87.3 cm³/mol. The molecule has 1 saturated heterocycles. The number of aryl methyl sites for hydroxylation is 1. The van der Waals surface area contributed by atoms with Gasteiger partial charge in [0.25, 0.3) is 10.0 Å². The maximum atomic E-state index is 12.5. The Hall–Kier alpha value is -1.18. The predicted octanol–water partition coefficient (Wildman–Crippen LogP) is 2.83. The number of aromatic nitrogens is 2. The van der Waals surface area contributed by atoms with Gasteiger partial charge >= 0.3 is 0 Å². The van der Waals surface area contributed by atoms with Crippen molar-refractivity contribution in [3.05, 3.63) is 36.2 Å². The van der Waals surface area contributed by atoms with Crippen LogP contribution < -0.4 is 0 Å². The van der Waals surface area contributed by atoms with E-state index in [0.29, 0.717) is 23.2 Å². The number of piperidine rings is 1. The molecule has 3 heterocycles. The standard InChI is InChI=1S/C15H21N3O2S2/c19-22(20,15-4-2-12-21-15)18-9-5-14(6-10-18)3-1-8-17-11-7-16-13-17/h2,4,7,11-14H,1,3,5-6,8-10H2. The average Bonchev–Trinajstić information content (AvgIpc) is 3.21. The fourth-order valence-corrected chi connectivity index (χ4v) is 5.57. The lowest BCUT2D eigenvalue weighted by molar-refractivity contribution is 0.258. The second kappa shape index (κ2) is 6.93. The van der Waals surface area contributed by atoms with Crippen LogP contribution in [0.4, 0.5) is 0 Å². The van der Waals surface area contributed by atoms with E-state index < -0.39 is 10.0 Å². The zero-order chi connectivity index (χ0) is 15.4. The van der Waals surface area contributed by atoms with E-state index in [-0.39, 0.29) is 0 Å². The third kappa shape index (κ3) is 3.59. The summed E-state index contributed by atoms with van der Waals surface area (Å²) in [4.78, 5) is 4.04. The summed E-state index contributed by atoms with van der Waals surface area (Å²) in [7, 11) is -3.26. The van der Waals surface area contributed by atoms with Crippen LogP contribution in [0.25, 0.3) is 0 Å². The quantitative estimate of drug-likeness (QED) is 0.813. The molecular weight excluding hydrogens is 318 g/mol. The van der Waals surface area contributed by atoms with Crippen LogP contribution in [0.1, 0.15) is 25.7 Å². The fourth-order valence-electron chi connectivity index (χ4n) is 2.96. The van der Waals surface area contributed by atoms with E-state index in [1.807, 2.05) is 17.9 Å². The topological polar surface area (TPSA) is 55.2 Å². The Bertz CT molecular complexity index is 658. The van der Waals surface area contributed by atoms with Gasteiger partial charge in [0, 0.05) is 32.0 Å². The molecule has 7 heteroatoms. The normalized spacial score (nSPS) is 17.8. The molecule has 2 aromatic rings. The highest BCUT2D eigenvalue weighted by atomic mass is 32.2. The molecule has 0 saturated carbocycles. The van der Waals surface area contributed by atoms with Crippen LogP contribution in [0, 0.1) is 5.92 Å². The Labute approximate surface area is 135 Å². The second-order valence-electron chi connectivity index (χ2n) is 5.72. The maximum absolute atomic E-state index is 12.5. The van der Waals surface area contributed by atoms with Gasteiger partial charge in [-0.3, -0.25) is 0 Å². The van der Waals surface area contributed by atoms with Crippen molar-refractivity contribution < 1.29 is 8.42 Å². The molecule has 0 aromatic carbocycles. The van der Waals surface area contributed by atoms with Crippen LogP contribution in [0.5, 0.6) is 0 Å². The van der Waals surface area contributed by atoms with Crippen molar-refractivity contribution in [3.8, 4) is 0 Å². The number of hydrogen-bond acceptors (Lipinski definition) is 4. The number of imidazole rings is 1. The maximum Gasteiger partial charge on any atom is 0.252 e. The van der Waals surface area contributed by atoms with Crippen LogP contribution in [0.2, 0.25) is 0 Å². The second-order valence-corrected chi connectivity index (χ2v) is 8.83. The summed E-state index contributed by atoms with van der Waals surface area (Å²) in [5.41, 5.74) is 0. The van der Waals surface area contributed by atoms with Crippen molar-refractivity contribution in [2.45, 2.75) is 36.4 Å². The Kier molecular flexibility index (Phi) is 4.95. The molecule has 0 spiro atoms. The summed E-state index contributed by atoms with van der Waals surface area (Å²) in [6, 6.07) is 3.48. The summed E-state index contributed by atoms with van der Waals surface area (Å²) in [6.07, 6.45) is 9.84. The van der Waals surface area contributed by atoms with E-state index in [9.17, 15) is 8.42 Å². The van der Waals surface area contributed by atoms with Gasteiger partial charge < -0.3 is 4.57 Å². The molecule has 120 valence electrons. The molecule has 2 aromatic heterocycles. The van der Waals surface area contributed by atoms with Gasteiger partial charge in [0.2, 0.25) is 0 Å². The summed E-state index contributed by atoms with van der Waals surface area (Å²) in [5.74, 6) is 0.637. The van der Waals surface area contributed by atoms with E-state index in [0.717, 1.165) is 32.2 Å². The van der Waals surface area contributed by atoms with Gasteiger partial charge in [-0.2, -0.15) is 4.31 Å². The lowest BCUT2D eigenvalue weighted by atomic mass is 9.93. The Morgan fingerprint density at radius 3 is 2.77 bits per heavy atom. The SMILES string of the molecule is O=S(=O)(c1cccs1)N1CCC(CCCn2ccnc2)CC1. The molecule has 22 heavy (non-hydrogen) atoms. The Morgan fingerprint density at radius 1 is 1.32 bits per heavy atom. The number of sulfonamides is 1. The smallest absolute Gasteiger partial charge is 0.252 e. The van der Waals surface area contributed by atoms with E-state index >= 15 is 0 Å². The first-order valence-corrected chi connectivity index (χ1v) is 9.97. The molecule has 0 unspecified atom stereocenters. The summed E-state index contributed by atoms with van der Waals surface area (Å²) >= 11 is 1.30. The lowest BCUT2D eigenvalue weighted by Gasteiger charge is -2.30. The molecule has 0 radical (unpaired) electrons. The van der Waals surface area contributed by atoms with E-state index in [4.69, 9.17) is 0 Å². The zero-order valence-corrected chi connectivity index (χ0v) is 14.1. The van der Waals surface area contributed by atoms with Crippen molar-refractivity contribution in [1.29, 1.82) is 0 Å². The van der Waals surface area contributed by atoms with Crippen molar-refractivity contribution in [1.82, 2.24) is 13.9 Å². The first-order chi connectivity index (χ1) is 10.7. The van der Waals surface area contributed by atoms with Gasteiger partial charge in [-0.25, -0.2) is 13.4 Å². The lowest BCUT2D eigenvalue weighted by Crippen LogP contribution is -2.38. The molecule has 0 aliphatic carbocycles. The van der Waals surface area contributed by atoms with Gasteiger partial charge in [-0.05, 0) is 43.0 Å². The molecule has 0 N–H and O–H groups in total. The van der Waals surface area contributed by atoms with Gasteiger partial charge in [-0.1, -0.05) is 6.07 Å². The molecule has 5 nitrogen and oxygen atoms in total. The first kappa shape index (κ1) is 15.7. The fraction of sp³-hybridized carbons (Fsp3) is 0.533. The number of thiophene rings is 1. The monoisotopic (exact) mass is 339 g/mol. The van der Waals surface area contributed by atoms with Gasteiger partial charge in [-0.15, -0.1) is 11.3 Å². The molecule has 0 amide bonds. The van der Waals surface area contributed by atoms with Gasteiger partial charge in [0.15, 0.2) is 0 Å². The highest BCUT2D eigenvalue weighted by Gasteiger charge is 2.29. The number of nitrogens with zero attached hydrogens (tertiary/aromatic N) is 3. The highest BCUT2D eigenvalue weighted by Crippen LogP contribution is 2.28. The van der Waals surface area contributed by atoms with Crippen LogP contribution >= 0.6 is 11.3 Å². The van der Waals surface area contributed by atoms with Crippen molar-refractivity contribution in [3.63, 3.8) is 0 Å². The molecule has 1 fully saturated rings. The van der Waals surface area contributed by atoms with Crippen molar-refractivity contribution in [2.75, 3.05) is 13.1 Å². The average molecular weight is 339 g/mol. The van der Waals surface area contributed by atoms with Crippen molar-refractivity contribution in [2.24, 2.45) is 5.92 Å². The molecule has 1 aliphatic rings. The van der Waals surface area contributed by atoms with Crippen LogP contribution in [-0.2, 0) is 16.6 Å². The van der Waals surface area contributed by atoms with Gasteiger partial charge in [0.05, 0.1) is 6.33 Å². The number of rotatable bonds is 6. The number of hydrogen-bond donors (Lipinski definition) is 0. The van der Waals surface area contributed by atoms with Crippen molar-refractivity contribution >= 4 is 21.4 Å². The third-order valence-electron chi connectivity index (χ3n) is 4.25. The van der Waals surface area contributed by atoms with Crippen LogP contribution in [0.15, 0.2) is 40.4 Å². The van der Waals surface area contributed by atoms with Crippen LogP contribution in [-0.4, -0.2) is 35.4 Å². The summed E-state index contributed by atoms with van der Waals surface area (Å²) in [5, 5.41) is 1.82. The third-order valence-corrected chi connectivity index (χ3v) is 7.52.